The van der Waals surface area contributed by atoms with E-state index in [0.29, 0.717) is 5.82 Å². The summed E-state index contributed by atoms with van der Waals surface area (Å²) in [4.78, 5) is 10.3. The van der Waals surface area contributed by atoms with E-state index in [0.717, 1.165) is 44.7 Å². The lowest BCUT2D eigenvalue weighted by Crippen LogP contribution is -2.23. The van der Waals surface area contributed by atoms with Crippen molar-refractivity contribution in [2.45, 2.75) is 12.8 Å². The second-order valence-electron chi connectivity index (χ2n) is 4.02. The van der Waals surface area contributed by atoms with Crippen LogP contribution in [-0.2, 0) is 6.42 Å². The van der Waals surface area contributed by atoms with Crippen LogP contribution >= 0.6 is 0 Å². The highest BCUT2D eigenvalue weighted by Gasteiger charge is 2.10. The highest BCUT2D eigenvalue weighted by molar-refractivity contribution is 5.41. The molecule has 1 aliphatic rings. The topological polar surface area (TPSA) is 93.1 Å². The molecule has 0 atom stereocenters. The van der Waals surface area contributed by atoms with Gasteiger partial charge in [-0.05, 0) is 19.4 Å². The molecule has 1 saturated heterocycles. The number of aryl methyl sites for hydroxylation is 1. The minimum Gasteiger partial charge on any atom is -0.383 e. The van der Waals surface area contributed by atoms with E-state index in [2.05, 4.69) is 20.2 Å². The maximum atomic E-state index is 5.76. The predicted octanol–water partition coefficient (Wildman–Crippen LogP) is -0.564. The van der Waals surface area contributed by atoms with Crippen LogP contribution in [0.25, 0.3) is 0 Å². The molecule has 6 heteroatoms. The van der Waals surface area contributed by atoms with Crippen molar-refractivity contribution >= 4 is 11.8 Å². The highest BCUT2D eigenvalue weighted by atomic mass is 15.3. The molecular weight excluding hydrogens is 204 g/mol. The summed E-state index contributed by atoms with van der Waals surface area (Å²) < 4.78 is 0. The normalized spacial score (nSPS) is 16.8. The number of nitrogens with one attached hydrogen (secondary N) is 1. The van der Waals surface area contributed by atoms with Gasteiger partial charge in [0.1, 0.15) is 5.82 Å². The summed E-state index contributed by atoms with van der Waals surface area (Å²) in [7, 11) is 0. The Morgan fingerprint density at radius 3 is 3.00 bits per heavy atom. The van der Waals surface area contributed by atoms with E-state index in [-0.39, 0.29) is 5.95 Å². The second-order valence-corrected chi connectivity index (χ2v) is 4.02. The van der Waals surface area contributed by atoms with E-state index < -0.39 is 0 Å². The number of nitrogen functional groups attached to an aromatic ring is 2. The van der Waals surface area contributed by atoms with E-state index in [1.807, 2.05) is 0 Å². The number of hydrogen-bond donors (Lipinski definition) is 3. The lowest BCUT2D eigenvalue weighted by atomic mass is 10.1. The Labute approximate surface area is 95.0 Å². The summed E-state index contributed by atoms with van der Waals surface area (Å²) in [5.74, 6) is 0.747. The highest BCUT2D eigenvalue weighted by Crippen LogP contribution is 2.11. The SMILES string of the molecule is Nc1ncc(CCCN2CCNC2)c(N)n1. The smallest absolute Gasteiger partial charge is 0.221 e. The van der Waals surface area contributed by atoms with Crippen LogP contribution in [0.15, 0.2) is 6.20 Å². The third-order valence-corrected chi connectivity index (χ3v) is 2.78. The quantitative estimate of drug-likeness (QED) is 0.632. The summed E-state index contributed by atoms with van der Waals surface area (Å²) in [6.07, 6.45) is 3.70. The summed E-state index contributed by atoms with van der Waals surface area (Å²) in [6, 6.07) is 0. The first-order chi connectivity index (χ1) is 7.75. The molecular formula is C10H18N6. The number of hydrogen-bond acceptors (Lipinski definition) is 6. The van der Waals surface area contributed by atoms with E-state index in [4.69, 9.17) is 11.5 Å². The van der Waals surface area contributed by atoms with Crippen molar-refractivity contribution in [1.82, 2.24) is 20.2 Å². The van der Waals surface area contributed by atoms with E-state index in [1.54, 1.807) is 6.20 Å². The van der Waals surface area contributed by atoms with Crippen molar-refractivity contribution in [3.63, 3.8) is 0 Å². The molecule has 5 N–H and O–H groups in total. The molecule has 0 aromatic carbocycles. The first-order valence-corrected chi connectivity index (χ1v) is 5.55. The molecule has 1 aromatic heterocycles. The fraction of sp³-hybridized carbons (Fsp3) is 0.600. The van der Waals surface area contributed by atoms with E-state index in [9.17, 15) is 0 Å². The zero-order valence-corrected chi connectivity index (χ0v) is 9.32. The number of anilines is 2. The van der Waals surface area contributed by atoms with Crippen LogP contribution in [0.1, 0.15) is 12.0 Å². The van der Waals surface area contributed by atoms with E-state index >= 15 is 0 Å². The monoisotopic (exact) mass is 222 g/mol. The van der Waals surface area contributed by atoms with Gasteiger partial charge in [0, 0.05) is 31.5 Å². The standard InChI is InChI=1S/C10H18N6/c11-9-8(6-14-10(12)15-9)2-1-4-16-5-3-13-7-16/h6,13H,1-5,7H2,(H4,11,12,14,15). The summed E-state index contributed by atoms with van der Waals surface area (Å²) >= 11 is 0. The minimum atomic E-state index is 0.241. The van der Waals surface area contributed by atoms with Crippen molar-refractivity contribution in [3.05, 3.63) is 11.8 Å². The van der Waals surface area contributed by atoms with Crippen molar-refractivity contribution in [1.29, 1.82) is 0 Å². The van der Waals surface area contributed by atoms with Gasteiger partial charge in [0.2, 0.25) is 5.95 Å². The Morgan fingerprint density at radius 2 is 2.31 bits per heavy atom. The van der Waals surface area contributed by atoms with Gasteiger partial charge in [-0.25, -0.2) is 4.98 Å². The van der Waals surface area contributed by atoms with Gasteiger partial charge in [0.15, 0.2) is 0 Å². The van der Waals surface area contributed by atoms with Crippen LogP contribution in [0.3, 0.4) is 0 Å². The number of rotatable bonds is 4. The van der Waals surface area contributed by atoms with Crippen LogP contribution in [0.4, 0.5) is 11.8 Å². The van der Waals surface area contributed by atoms with Crippen LogP contribution in [-0.4, -0.2) is 41.2 Å². The summed E-state index contributed by atoms with van der Waals surface area (Å²) in [5.41, 5.74) is 12.2. The Balaban J connectivity index is 1.80. The summed E-state index contributed by atoms with van der Waals surface area (Å²) in [5, 5.41) is 3.30. The minimum absolute atomic E-state index is 0.241. The largest absolute Gasteiger partial charge is 0.383 e. The van der Waals surface area contributed by atoms with Gasteiger partial charge in [-0.2, -0.15) is 4.98 Å². The number of nitrogens with two attached hydrogens (primary N) is 2. The van der Waals surface area contributed by atoms with Gasteiger partial charge in [-0.15, -0.1) is 0 Å². The molecule has 1 aliphatic heterocycles. The molecule has 0 saturated carbocycles. The fourth-order valence-electron chi connectivity index (χ4n) is 1.86. The Hall–Kier alpha value is -1.40. The zero-order valence-electron chi connectivity index (χ0n) is 9.32. The maximum Gasteiger partial charge on any atom is 0.221 e. The van der Waals surface area contributed by atoms with Gasteiger partial charge >= 0.3 is 0 Å². The third kappa shape index (κ3) is 2.80. The fourth-order valence-corrected chi connectivity index (χ4v) is 1.86. The lowest BCUT2D eigenvalue weighted by Gasteiger charge is -2.13. The summed E-state index contributed by atoms with van der Waals surface area (Å²) in [6.45, 7) is 4.30. The van der Waals surface area contributed by atoms with Crippen LogP contribution < -0.4 is 16.8 Å². The van der Waals surface area contributed by atoms with Gasteiger partial charge < -0.3 is 16.8 Å². The molecule has 2 heterocycles. The van der Waals surface area contributed by atoms with E-state index in [1.165, 1.54) is 0 Å². The van der Waals surface area contributed by atoms with Gasteiger partial charge in [0.25, 0.3) is 0 Å². The first kappa shape index (κ1) is 11.1. The second kappa shape index (κ2) is 5.09. The van der Waals surface area contributed by atoms with Crippen LogP contribution in [0.2, 0.25) is 0 Å². The molecule has 0 bridgehead atoms. The molecule has 0 radical (unpaired) electrons. The molecule has 1 fully saturated rings. The molecule has 88 valence electrons. The molecule has 16 heavy (non-hydrogen) atoms. The molecule has 6 nitrogen and oxygen atoms in total. The average Bonchev–Trinajstić information content (AvgIpc) is 2.74. The molecule has 1 aromatic rings. The van der Waals surface area contributed by atoms with Crippen LogP contribution in [0, 0.1) is 0 Å². The van der Waals surface area contributed by atoms with Gasteiger partial charge in [-0.1, -0.05) is 0 Å². The Bertz CT molecular complexity index is 347. The average molecular weight is 222 g/mol. The third-order valence-electron chi connectivity index (χ3n) is 2.78. The lowest BCUT2D eigenvalue weighted by molar-refractivity contribution is 0.330. The molecule has 0 unspecified atom stereocenters. The van der Waals surface area contributed by atoms with Crippen molar-refractivity contribution in [3.8, 4) is 0 Å². The van der Waals surface area contributed by atoms with Crippen molar-refractivity contribution < 1.29 is 0 Å². The number of aromatic nitrogens is 2. The van der Waals surface area contributed by atoms with Crippen LogP contribution in [0.5, 0.6) is 0 Å². The molecule has 0 amide bonds. The maximum absolute atomic E-state index is 5.76. The van der Waals surface area contributed by atoms with Crippen molar-refractivity contribution in [2.75, 3.05) is 37.8 Å². The van der Waals surface area contributed by atoms with Gasteiger partial charge in [-0.3, -0.25) is 4.90 Å². The molecule has 0 aliphatic carbocycles. The Morgan fingerprint density at radius 1 is 1.44 bits per heavy atom. The van der Waals surface area contributed by atoms with Gasteiger partial charge in [0.05, 0.1) is 0 Å². The predicted molar refractivity (Wildman–Crippen MR) is 63.6 cm³/mol. The molecule has 0 spiro atoms. The number of nitrogens with zero attached hydrogens (tertiary/aromatic N) is 3. The zero-order chi connectivity index (χ0) is 11.4. The Kier molecular flexibility index (Phi) is 3.53. The van der Waals surface area contributed by atoms with Crippen molar-refractivity contribution in [2.24, 2.45) is 0 Å². The first-order valence-electron chi connectivity index (χ1n) is 5.55. The molecule has 2 rings (SSSR count).